The minimum atomic E-state index is -4.73. The van der Waals surface area contributed by atoms with Crippen molar-refractivity contribution in [2.75, 3.05) is 19.8 Å². The second-order valence-corrected chi connectivity index (χ2v) is 15.6. The van der Waals surface area contributed by atoms with Crippen LogP contribution in [0.5, 0.6) is 0 Å². The summed E-state index contributed by atoms with van der Waals surface area (Å²) < 4.78 is 26.6. The number of carboxylic acid groups (broad SMARTS) is 1. The molecule has 0 radical (unpaired) electrons. The molecule has 3 unspecified atom stereocenters. The van der Waals surface area contributed by atoms with Crippen LogP contribution in [0.3, 0.4) is 0 Å². The van der Waals surface area contributed by atoms with Gasteiger partial charge in [-0.25, -0.2) is 9.36 Å². The van der Waals surface area contributed by atoms with Crippen molar-refractivity contribution in [3.63, 3.8) is 0 Å². The zero-order chi connectivity index (χ0) is 38.5. The van der Waals surface area contributed by atoms with Crippen LogP contribution in [0.25, 0.3) is 0 Å². The first kappa shape index (κ1) is 50.2. The van der Waals surface area contributed by atoms with Crippen LogP contribution in [0, 0.1) is 0 Å². The highest BCUT2D eigenvalue weighted by molar-refractivity contribution is 7.47. The predicted octanol–water partition coefficient (Wildman–Crippen LogP) is 10.1. The predicted molar refractivity (Wildman–Crippen MR) is 208 cm³/mol. The number of allylic oxidation sites excluding steroid dienone is 2. The number of aliphatic hydroxyl groups excluding tert-OH is 1. The molecule has 0 heterocycles. The van der Waals surface area contributed by atoms with E-state index in [2.05, 4.69) is 31.3 Å². The number of phosphoric ester groups is 1. The smallest absolute Gasteiger partial charge is 0.472 e. The average Bonchev–Trinajstić information content (AvgIpc) is 3.11. The van der Waals surface area contributed by atoms with Crippen molar-refractivity contribution in [2.24, 2.45) is 0 Å². The highest BCUT2D eigenvalue weighted by atomic mass is 31.2. The normalized spacial score (nSPS) is 13.9. The molecule has 0 bridgehead atoms. The first-order chi connectivity index (χ1) is 25.1. The largest absolute Gasteiger partial charge is 0.480 e. The number of unbranched alkanes of at least 4 members (excludes halogenated alkanes) is 23. The van der Waals surface area contributed by atoms with Crippen LogP contribution in [-0.4, -0.2) is 64.9 Å². The van der Waals surface area contributed by atoms with Gasteiger partial charge in [-0.1, -0.05) is 154 Å². The van der Waals surface area contributed by atoms with E-state index in [4.69, 9.17) is 13.8 Å². The minimum Gasteiger partial charge on any atom is -0.480 e. The Labute approximate surface area is 316 Å². The molecule has 0 aromatic carbocycles. The van der Waals surface area contributed by atoms with E-state index in [-0.39, 0.29) is 12.8 Å². The molecule has 0 aliphatic carbocycles. The highest BCUT2D eigenvalue weighted by Gasteiger charge is 2.28. The lowest BCUT2D eigenvalue weighted by Crippen LogP contribution is -2.43. The molecular weight excluding hydrogens is 685 g/mol. The molecule has 3 atom stereocenters. The third-order valence-corrected chi connectivity index (χ3v) is 10.0. The number of aliphatic hydroxyl groups is 1. The molecule has 0 saturated carbocycles. The van der Waals surface area contributed by atoms with E-state index in [0.29, 0.717) is 12.8 Å². The maximum atomic E-state index is 12.1. The topological polar surface area (TPSA) is 169 Å². The van der Waals surface area contributed by atoms with E-state index < -0.39 is 57.6 Å². The molecule has 52 heavy (non-hydrogen) atoms. The van der Waals surface area contributed by atoms with Crippen LogP contribution in [0.4, 0.5) is 0 Å². The summed E-state index contributed by atoms with van der Waals surface area (Å²) in [5.41, 5.74) is 0. The molecule has 0 saturated heterocycles. The number of esters is 1. The van der Waals surface area contributed by atoms with E-state index in [0.717, 1.165) is 44.9 Å². The lowest BCUT2D eigenvalue weighted by molar-refractivity contribution is -0.147. The highest BCUT2D eigenvalue weighted by Crippen LogP contribution is 2.43. The first-order valence-corrected chi connectivity index (χ1v) is 22.2. The van der Waals surface area contributed by atoms with Crippen LogP contribution in [0.2, 0.25) is 0 Å². The molecule has 12 heteroatoms. The van der Waals surface area contributed by atoms with Crippen LogP contribution >= 0.6 is 7.82 Å². The number of rotatable bonds is 39. The Morgan fingerprint density at radius 1 is 0.596 bits per heavy atom. The second kappa shape index (κ2) is 36.2. The van der Waals surface area contributed by atoms with Gasteiger partial charge in [0.1, 0.15) is 12.7 Å². The van der Waals surface area contributed by atoms with Gasteiger partial charge in [0.25, 0.3) is 0 Å². The van der Waals surface area contributed by atoms with Crippen molar-refractivity contribution < 1.29 is 47.8 Å². The summed E-state index contributed by atoms with van der Waals surface area (Å²) in [4.78, 5) is 45.3. The number of phosphoric acid groups is 1. The van der Waals surface area contributed by atoms with E-state index in [1.165, 1.54) is 109 Å². The zero-order valence-corrected chi connectivity index (χ0v) is 33.8. The van der Waals surface area contributed by atoms with Gasteiger partial charge >= 0.3 is 19.8 Å². The zero-order valence-electron chi connectivity index (χ0n) is 32.9. The van der Waals surface area contributed by atoms with E-state index in [9.17, 15) is 34.1 Å². The molecule has 0 aliphatic heterocycles. The lowest BCUT2D eigenvalue weighted by Gasteiger charge is -2.18. The van der Waals surface area contributed by atoms with Crippen molar-refractivity contribution in [2.45, 2.75) is 206 Å². The van der Waals surface area contributed by atoms with Gasteiger partial charge < -0.3 is 25.2 Å². The van der Waals surface area contributed by atoms with E-state index >= 15 is 0 Å². The SMILES string of the molecule is CCCCCCCC/C=C/CCCCCCCCCCCCCCCC(=O)OCC(O)COP(=O)(O)OCC(NC(=O)CCCCCCC)C(=O)O. The quantitative estimate of drug-likeness (QED) is 0.0205. The van der Waals surface area contributed by atoms with Gasteiger partial charge in [0.15, 0.2) is 6.04 Å². The molecule has 0 aromatic heterocycles. The van der Waals surface area contributed by atoms with Crippen molar-refractivity contribution in [1.29, 1.82) is 0 Å². The summed E-state index contributed by atoms with van der Waals surface area (Å²) in [6.45, 7) is 2.46. The number of carbonyl (C=O) groups is 3. The van der Waals surface area contributed by atoms with Gasteiger partial charge in [-0.15, -0.1) is 0 Å². The third kappa shape index (κ3) is 35.3. The van der Waals surface area contributed by atoms with E-state index in [1.54, 1.807) is 0 Å². The molecule has 0 spiro atoms. The van der Waals surface area contributed by atoms with Gasteiger partial charge in [-0.05, 0) is 38.5 Å². The van der Waals surface area contributed by atoms with Gasteiger partial charge in [0.2, 0.25) is 5.91 Å². The summed E-state index contributed by atoms with van der Waals surface area (Å²) in [6, 6.07) is -1.54. The standard InChI is InChI=1S/C40H76NO10P/c1-3-5-7-9-10-11-12-13-14-15-16-17-18-19-20-21-22-23-24-25-26-28-30-32-39(44)49-33-36(42)34-50-52(47,48)51-35-37(40(45)46)41-38(43)31-29-27-8-6-4-2/h13-14,36-37,42H,3-12,15-35H2,1-2H3,(H,41,43)(H,45,46)(H,47,48)/b14-13+. The number of amides is 1. The Balaban J connectivity index is 3.71. The maximum absolute atomic E-state index is 12.1. The minimum absolute atomic E-state index is 0.143. The Bertz CT molecular complexity index is 947. The van der Waals surface area contributed by atoms with Crippen LogP contribution in [0.1, 0.15) is 194 Å². The monoisotopic (exact) mass is 762 g/mol. The average molecular weight is 762 g/mol. The molecule has 0 aromatic rings. The molecule has 0 rings (SSSR count). The number of hydrogen-bond acceptors (Lipinski definition) is 8. The Hall–Kier alpha value is -1.78. The van der Waals surface area contributed by atoms with Crippen molar-refractivity contribution in [1.82, 2.24) is 5.32 Å². The summed E-state index contributed by atoms with van der Waals surface area (Å²) >= 11 is 0. The summed E-state index contributed by atoms with van der Waals surface area (Å²) in [7, 11) is -4.73. The van der Waals surface area contributed by atoms with Gasteiger partial charge in [-0.3, -0.25) is 18.6 Å². The molecule has 4 N–H and O–H groups in total. The number of hydrogen-bond donors (Lipinski definition) is 4. The number of aliphatic carboxylic acids is 1. The molecule has 0 fully saturated rings. The van der Waals surface area contributed by atoms with Crippen LogP contribution in [-0.2, 0) is 32.7 Å². The summed E-state index contributed by atoms with van der Waals surface area (Å²) in [6.07, 6.45) is 34.6. The van der Waals surface area contributed by atoms with Crippen LogP contribution < -0.4 is 5.32 Å². The first-order valence-electron chi connectivity index (χ1n) is 20.7. The number of carbonyl (C=O) groups excluding carboxylic acids is 2. The fraction of sp³-hybridized carbons (Fsp3) is 0.875. The van der Waals surface area contributed by atoms with Crippen molar-refractivity contribution >= 4 is 25.7 Å². The van der Waals surface area contributed by atoms with Gasteiger partial charge in [-0.2, -0.15) is 0 Å². The number of ether oxygens (including phenoxy) is 1. The van der Waals surface area contributed by atoms with Crippen molar-refractivity contribution in [3.05, 3.63) is 12.2 Å². The Morgan fingerprint density at radius 3 is 1.46 bits per heavy atom. The van der Waals surface area contributed by atoms with Crippen molar-refractivity contribution in [3.8, 4) is 0 Å². The number of carboxylic acids is 1. The fourth-order valence-electron chi connectivity index (χ4n) is 5.78. The molecule has 306 valence electrons. The Kier molecular flexibility index (Phi) is 35.0. The molecular formula is C40H76NO10P. The second-order valence-electron chi connectivity index (χ2n) is 14.2. The van der Waals surface area contributed by atoms with Crippen LogP contribution in [0.15, 0.2) is 12.2 Å². The lowest BCUT2D eigenvalue weighted by atomic mass is 10.0. The van der Waals surface area contributed by atoms with Gasteiger partial charge in [0.05, 0.1) is 13.2 Å². The summed E-state index contributed by atoms with van der Waals surface area (Å²) in [5, 5.41) is 21.6. The number of nitrogens with one attached hydrogen (secondary N) is 1. The fourth-order valence-corrected chi connectivity index (χ4v) is 6.55. The molecule has 11 nitrogen and oxygen atoms in total. The van der Waals surface area contributed by atoms with Gasteiger partial charge in [0, 0.05) is 12.8 Å². The third-order valence-electron chi connectivity index (χ3n) is 9.05. The Morgan fingerprint density at radius 2 is 1.00 bits per heavy atom. The maximum Gasteiger partial charge on any atom is 0.472 e. The molecule has 0 aliphatic rings. The molecule has 1 amide bonds. The summed E-state index contributed by atoms with van der Waals surface area (Å²) in [5.74, 6) is -2.38. The van der Waals surface area contributed by atoms with E-state index in [1.807, 2.05) is 0 Å².